The van der Waals surface area contributed by atoms with Crippen LogP contribution in [-0.2, 0) is 9.59 Å². The molecule has 1 aromatic heterocycles. The summed E-state index contributed by atoms with van der Waals surface area (Å²) >= 11 is 0. The Bertz CT molecular complexity index is 1920. The van der Waals surface area contributed by atoms with Gasteiger partial charge in [0.25, 0.3) is 11.8 Å². The summed E-state index contributed by atoms with van der Waals surface area (Å²) in [4.78, 5) is 54.1. The molecule has 262 valence electrons. The third-order valence-corrected chi connectivity index (χ3v) is 10.2. The molecule has 4 atom stereocenters. The number of carbonyl (C=O) groups is 4. The van der Waals surface area contributed by atoms with Crippen LogP contribution >= 0.6 is 0 Å². The zero-order chi connectivity index (χ0) is 35.5. The predicted octanol–water partition coefficient (Wildman–Crippen LogP) is 6.38. The minimum atomic E-state index is -0.891. The Kier molecular flexibility index (Phi) is 10.2. The van der Waals surface area contributed by atoms with Gasteiger partial charge in [0.15, 0.2) is 0 Å². The molecule has 0 saturated heterocycles. The predicted molar refractivity (Wildman–Crippen MR) is 189 cm³/mol. The smallest absolute Gasteiger partial charge is 0.308 e. The number of nitrogens with one attached hydrogen (secondary N) is 3. The molecule has 2 aliphatic carbocycles. The fraction of sp³-hybridized carbons (Fsp3) is 0.385. The summed E-state index contributed by atoms with van der Waals surface area (Å²) in [5.41, 5.74) is 4.24. The fourth-order valence-electron chi connectivity index (χ4n) is 7.59. The number of benzene rings is 3. The lowest BCUT2D eigenvalue weighted by molar-refractivity contribution is -0.142. The van der Waals surface area contributed by atoms with Gasteiger partial charge in [0, 0.05) is 66.1 Å². The van der Waals surface area contributed by atoms with E-state index in [0.717, 1.165) is 29.7 Å². The van der Waals surface area contributed by atoms with E-state index in [1.807, 2.05) is 44.2 Å². The molecule has 4 N–H and O–H groups in total. The third-order valence-electron chi connectivity index (χ3n) is 10.2. The summed E-state index contributed by atoms with van der Waals surface area (Å²) in [5, 5.41) is 18.9. The lowest BCUT2D eigenvalue weighted by Gasteiger charge is -2.25. The first-order valence-electron chi connectivity index (χ1n) is 17.4. The number of fused-ring (bicyclic) bond motifs is 1. The summed E-state index contributed by atoms with van der Waals surface area (Å²) in [7, 11) is 1.54. The number of hydrogen-bond donors (Lipinski definition) is 4. The number of furan rings is 1. The molecule has 3 aromatic carbocycles. The van der Waals surface area contributed by atoms with Gasteiger partial charge in [-0.2, -0.15) is 0 Å². The van der Waals surface area contributed by atoms with Crippen LogP contribution in [0, 0.1) is 17.7 Å². The van der Waals surface area contributed by atoms with Gasteiger partial charge < -0.3 is 30.4 Å². The molecule has 1 heterocycles. The molecule has 11 heteroatoms. The number of rotatable bonds is 11. The van der Waals surface area contributed by atoms with Gasteiger partial charge in [-0.15, -0.1) is 0 Å². The molecule has 2 fully saturated rings. The van der Waals surface area contributed by atoms with Gasteiger partial charge in [-0.05, 0) is 87.6 Å². The summed E-state index contributed by atoms with van der Waals surface area (Å²) in [6.07, 6.45) is 3.99. The lowest BCUT2D eigenvalue weighted by Crippen LogP contribution is -2.48. The molecule has 0 bridgehead atoms. The zero-order valence-electron chi connectivity index (χ0n) is 28.6. The lowest BCUT2D eigenvalue weighted by atomic mass is 9.96. The molecule has 0 aliphatic heterocycles. The van der Waals surface area contributed by atoms with E-state index in [4.69, 9.17) is 4.42 Å². The number of amides is 3. The number of carboxylic acids is 1. The topological polar surface area (TPSA) is 141 Å². The molecular weight excluding hydrogens is 639 g/mol. The first-order chi connectivity index (χ1) is 24.1. The van der Waals surface area contributed by atoms with Crippen LogP contribution < -0.4 is 20.9 Å². The fourth-order valence-corrected chi connectivity index (χ4v) is 7.59. The van der Waals surface area contributed by atoms with Gasteiger partial charge in [-0.1, -0.05) is 25.0 Å². The van der Waals surface area contributed by atoms with E-state index in [-0.39, 0.29) is 23.8 Å². The maximum atomic E-state index is 13.8. The van der Waals surface area contributed by atoms with Crippen LogP contribution in [0.25, 0.3) is 33.4 Å². The van der Waals surface area contributed by atoms with Gasteiger partial charge in [0.05, 0.1) is 17.4 Å². The quantitative estimate of drug-likeness (QED) is 0.144. The summed E-state index contributed by atoms with van der Waals surface area (Å²) in [5.74, 6) is -2.84. The van der Waals surface area contributed by atoms with Crippen molar-refractivity contribution in [3.8, 4) is 22.5 Å². The van der Waals surface area contributed by atoms with E-state index < -0.39 is 29.7 Å². The number of halogens is 1. The second-order valence-electron chi connectivity index (χ2n) is 13.1. The van der Waals surface area contributed by atoms with E-state index in [1.54, 1.807) is 25.2 Å². The number of nitrogens with zero attached hydrogens (tertiary/aromatic N) is 1. The van der Waals surface area contributed by atoms with Crippen molar-refractivity contribution in [2.75, 3.05) is 25.0 Å². The van der Waals surface area contributed by atoms with Crippen LogP contribution in [0.2, 0.25) is 0 Å². The van der Waals surface area contributed by atoms with Crippen LogP contribution in [0.5, 0.6) is 0 Å². The summed E-state index contributed by atoms with van der Waals surface area (Å²) in [6, 6.07) is 16.1. The van der Waals surface area contributed by atoms with Gasteiger partial charge in [-0.25, -0.2) is 4.39 Å². The van der Waals surface area contributed by atoms with Crippen LogP contribution in [0.1, 0.15) is 73.1 Å². The molecule has 2 saturated carbocycles. The van der Waals surface area contributed by atoms with E-state index >= 15 is 0 Å². The van der Waals surface area contributed by atoms with Crippen molar-refractivity contribution in [2.45, 2.75) is 64.5 Å². The summed E-state index contributed by atoms with van der Waals surface area (Å²) < 4.78 is 20.1. The normalized spacial score (nSPS) is 20.1. The van der Waals surface area contributed by atoms with Gasteiger partial charge >= 0.3 is 5.97 Å². The average Bonchev–Trinajstić information content (AvgIpc) is 3.87. The van der Waals surface area contributed by atoms with Crippen molar-refractivity contribution < 1.29 is 33.1 Å². The maximum Gasteiger partial charge on any atom is 0.308 e. The van der Waals surface area contributed by atoms with E-state index in [0.29, 0.717) is 72.2 Å². The highest BCUT2D eigenvalue weighted by Crippen LogP contribution is 2.41. The highest BCUT2D eigenvalue weighted by atomic mass is 19.1. The molecule has 2 aliphatic rings. The molecule has 10 nitrogen and oxygen atoms in total. The van der Waals surface area contributed by atoms with Crippen LogP contribution in [0.4, 0.5) is 10.1 Å². The third kappa shape index (κ3) is 6.81. The largest absolute Gasteiger partial charge is 0.481 e. The minimum absolute atomic E-state index is 0.205. The maximum absolute atomic E-state index is 13.8. The van der Waals surface area contributed by atoms with Crippen molar-refractivity contribution in [1.29, 1.82) is 0 Å². The molecule has 4 aromatic rings. The SMILES string of the molecule is CCN(CC)c1cc2oc(-c3ccc(F)cc3)c(C(=O)NC)c2cc1-c1cccc(C(=O)N[C@H]2CCC[C@H]2C(=O)N[C@H]2CCC[C@H]2C(=O)O)c1. The van der Waals surface area contributed by atoms with E-state index in [1.165, 1.54) is 12.1 Å². The number of aliphatic carboxylic acids is 1. The molecule has 3 amide bonds. The zero-order valence-corrected chi connectivity index (χ0v) is 28.6. The van der Waals surface area contributed by atoms with E-state index in [2.05, 4.69) is 20.9 Å². The highest BCUT2D eigenvalue weighted by molar-refractivity contribution is 6.13. The Hall–Kier alpha value is -5.19. The van der Waals surface area contributed by atoms with Gasteiger partial charge in [0.1, 0.15) is 17.2 Å². The molecule has 50 heavy (non-hydrogen) atoms. The molecular formula is C39H43FN4O6. The van der Waals surface area contributed by atoms with Crippen molar-refractivity contribution in [1.82, 2.24) is 16.0 Å². The Balaban J connectivity index is 1.32. The Morgan fingerprint density at radius 3 is 2.18 bits per heavy atom. The van der Waals surface area contributed by atoms with Crippen molar-refractivity contribution >= 4 is 40.3 Å². The first-order valence-corrected chi connectivity index (χ1v) is 17.4. The van der Waals surface area contributed by atoms with Crippen LogP contribution in [-0.4, -0.2) is 61.0 Å². The first kappa shape index (κ1) is 34.7. The molecule has 6 rings (SSSR count). The Morgan fingerprint density at radius 2 is 1.52 bits per heavy atom. The molecule has 0 radical (unpaired) electrons. The Morgan fingerprint density at radius 1 is 0.840 bits per heavy atom. The van der Waals surface area contributed by atoms with Crippen molar-refractivity contribution in [3.63, 3.8) is 0 Å². The number of anilines is 1. The van der Waals surface area contributed by atoms with E-state index in [9.17, 15) is 28.7 Å². The molecule has 0 spiro atoms. The second-order valence-corrected chi connectivity index (χ2v) is 13.1. The van der Waals surface area contributed by atoms with Crippen LogP contribution in [0.3, 0.4) is 0 Å². The van der Waals surface area contributed by atoms with Crippen molar-refractivity contribution in [3.05, 3.63) is 77.6 Å². The second kappa shape index (κ2) is 14.7. The minimum Gasteiger partial charge on any atom is -0.481 e. The van der Waals surface area contributed by atoms with Crippen LogP contribution in [0.15, 0.2) is 65.1 Å². The monoisotopic (exact) mass is 682 g/mol. The summed E-state index contributed by atoms with van der Waals surface area (Å²) in [6.45, 7) is 5.49. The number of hydrogen-bond acceptors (Lipinski definition) is 6. The van der Waals surface area contributed by atoms with Gasteiger partial charge in [0.2, 0.25) is 5.91 Å². The average molecular weight is 683 g/mol. The number of carbonyl (C=O) groups excluding carboxylic acids is 3. The number of carboxylic acid groups (broad SMARTS) is 1. The Labute approximate surface area is 290 Å². The highest BCUT2D eigenvalue weighted by Gasteiger charge is 2.39. The van der Waals surface area contributed by atoms with Gasteiger partial charge in [-0.3, -0.25) is 19.2 Å². The standard InChI is InChI=1S/C39H43FN4O6/c1-4-44(5-2)32-21-33-29(34(38(47)41-3)35(50-33)22-15-17-25(40)18-16-22)20-28(32)23-9-6-10-24(19-23)36(45)42-30-13-7-11-26(30)37(46)43-31-14-8-12-27(31)39(48)49/h6,9-10,15-21,26-27,30-31H,4-5,7-8,11-14H2,1-3H3,(H,41,47)(H,42,45)(H,43,46)(H,48,49)/t26-,27-,30+,31+/m1/s1. The van der Waals surface area contributed by atoms with Crippen molar-refractivity contribution in [2.24, 2.45) is 11.8 Å². The molecule has 0 unspecified atom stereocenters.